The van der Waals surface area contributed by atoms with Gasteiger partial charge in [0.05, 0.1) is 6.04 Å². The van der Waals surface area contributed by atoms with Gasteiger partial charge in [0.2, 0.25) is 5.91 Å². The third-order valence-electron chi connectivity index (χ3n) is 3.70. The molecule has 1 aliphatic rings. The molecule has 0 bridgehead atoms. The van der Waals surface area contributed by atoms with E-state index in [1.165, 1.54) is 11.1 Å². The molecule has 0 saturated carbocycles. The second kappa shape index (κ2) is 7.70. The Morgan fingerprint density at radius 1 is 1.45 bits per heavy atom. The molecule has 1 aromatic carbocycles. The number of aryl methyl sites for hydroxylation is 1. The molecule has 2 rings (SSSR count). The fourth-order valence-electron chi connectivity index (χ4n) is 2.40. The Labute approximate surface area is 125 Å². The molecular weight excluding hydrogens is 268 g/mol. The Kier molecular flexibility index (Phi) is 5.92. The third-order valence-corrected chi connectivity index (χ3v) is 4.83. The zero-order valence-corrected chi connectivity index (χ0v) is 13.1. The molecule has 2 N–H and O–H groups in total. The van der Waals surface area contributed by atoms with Crippen LogP contribution in [-0.4, -0.2) is 30.0 Å². The van der Waals surface area contributed by atoms with Crippen LogP contribution in [0.1, 0.15) is 37.4 Å². The molecule has 110 valence electrons. The van der Waals surface area contributed by atoms with Crippen LogP contribution in [0, 0.1) is 0 Å². The van der Waals surface area contributed by atoms with E-state index >= 15 is 0 Å². The zero-order valence-electron chi connectivity index (χ0n) is 12.3. The van der Waals surface area contributed by atoms with Crippen molar-refractivity contribution in [3.8, 4) is 0 Å². The van der Waals surface area contributed by atoms with E-state index in [1.807, 2.05) is 18.7 Å². The molecule has 3 nitrogen and oxygen atoms in total. The number of hydrogen-bond acceptors (Lipinski definition) is 3. The van der Waals surface area contributed by atoms with Crippen molar-refractivity contribution in [2.45, 2.75) is 38.8 Å². The minimum atomic E-state index is 0.0737. The Morgan fingerprint density at radius 3 is 2.80 bits per heavy atom. The van der Waals surface area contributed by atoms with E-state index in [4.69, 9.17) is 0 Å². The lowest BCUT2D eigenvalue weighted by Crippen LogP contribution is -2.41. The predicted molar refractivity (Wildman–Crippen MR) is 86.1 cm³/mol. The van der Waals surface area contributed by atoms with Gasteiger partial charge in [0.15, 0.2) is 0 Å². The van der Waals surface area contributed by atoms with Crippen LogP contribution in [-0.2, 0) is 11.2 Å². The van der Waals surface area contributed by atoms with Gasteiger partial charge in [0.1, 0.15) is 0 Å². The minimum absolute atomic E-state index is 0.0737. The molecule has 1 aromatic rings. The maximum Gasteiger partial charge on any atom is 0.222 e. The number of benzene rings is 1. The molecule has 1 fully saturated rings. The van der Waals surface area contributed by atoms with E-state index in [0.29, 0.717) is 12.5 Å². The van der Waals surface area contributed by atoms with Crippen molar-refractivity contribution in [2.24, 2.45) is 0 Å². The van der Waals surface area contributed by atoms with Crippen molar-refractivity contribution in [3.05, 3.63) is 35.4 Å². The zero-order chi connectivity index (χ0) is 14.4. The van der Waals surface area contributed by atoms with Gasteiger partial charge < -0.3 is 10.6 Å². The molecule has 4 heteroatoms. The van der Waals surface area contributed by atoms with Gasteiger partial charge in [-0.1, -0.05) is 31.2 Å². The minimum Gasteiger partial charge on any atom is -0.350 e. The summed E-state index contributed by atoms with van der Waals surface area (Å²) in [5, 5.41) is 6.49. The van der Waals surface area contributed by atoms with Gasteiger partial charge in [-0.25, -0.2) is 0 Å². The fraction of sp³-hybridized carbons (Fsp3) is 0.562. The van der Waals surface area contributed by atoms with Gasteiger partial charge in [-0.15, -0.1) is 0 Å². The van der Waals surface area contributed by atoms with Gasteiger partial charge in [-0.3, -0.25) is 4.79 Å². The number of rotatable bonds is 5. The smallest absolute Gasteiger partial charge is 0.222 e. The van der Waals surface area contributed by atoms with Gasteiger partial charge in [0, 0.05) is 30.5 Å². The van der Waals surface area contributed by atoms with Crippen molar-refractivity contribution in [1.29, 1.82) is 0 Å². The van der Waals surface area contributed by atoms with Gasteiger partial charge >= 0.3 is 0 Å². The maximum atomic E-state index is 12.1. The van der Waals surface area contributed by atoms with Crippen molar-refractivity contribution in [1.82, 2.24) is 10.6 Å². The number of thioether (sulfide) groups is 1. The summed E-state index contributed by atoms with van der Waals surface area (Å²) in [7, 11) is 0. The monoisotopic (exact) mass is 292 g/mol. The van der Waals surface area contributed by atoms with Gasteiger partial charge in [-0.2, -0.15) is 11.8 Å². The number of carbonyl (C=O) groups excluding carboxylic acids is 1. The molecule has 0 radical (unpaired) electrons. The Morgan fingerprint density at radius 2 is 2.20 bits per heavy atom. The summed E-state index contributed by atoms with van der Waals surface area (Å²) in [4.78, 5) is 12.1. The Bertz CT molecular complexity index is 427. The van der Waals surface area contributed by atoms with E-state index in [2.05, 4.69) is 41.8 Å². The highest BCUT2D eigenvalue weighted by atomic mass is 32.2. The second-order valence-electron chi connectivity index (χ2n) is 5.31. The fourth-order valence-corrected chi connectivity index (χ4v) is 3.35. The topological polar surface area (TPSA) is 41.1 Å². The predicted octanol–water partition coefficient (Wildman–Crippen LogP) is 2.52. The summed E-state index contributed by atoms with van der Waals surface area (Å²) in [5.41, 5.74) is 2.50. The van der Waals surface area contributed by atoms with Crippen LogP contribution in [0.5, 0.6) is 0 Å². The van der Waals surface area contributed by atoms with Crippen LogP contribution >= 0.6 is 11.8 Å². The molecule has 1 amide bonds. The lowest BCUT2D eigenvalue weighted by Gasteiger charge is -2.23. The van der Waals surface area contributed by atoms with Crippen molar-refractivity contribution in [2.75, 3.05) is 18.1 Å². The van der Waals surface area contributed by atoms with Gasteiger partial charge in [-0.05, 0) is 24.5 Å². The van der Waals surface area contributed by atoms with Crippen molar-refractivity contribution < 1.29 is 4.79 Å². The molecule has 0 aliphatic carbocycles. The maximum absolute atomic E-state index is 12.1. The van der Waals surface area contributed by atoms with Crippen molar-refractivity contribution in [3.63, 3.8) is 0 Å². The molecule has 0 aromatic heterocycles. The van der Waals surface area contributed by atoms with Crippen LogP contribution in [0.3, 0.4) is 0 Å². The first-order valence-electron chi connectivity index (χ1n) is 7.38. The highest BCUT2D eigenvalue weighted by Gasteiger charge is 2.18. The molecule has 2 atom stereocenters. The Hall–Kier alpha value is -1.00. The lowest BCUT2D eigenvalue weighted by molar-refractivity contribution is -0.122. The van der Waals surface area contributed by atoms with Crippen LogP contribution < -0.4 is 10.6 Å². The molecule has 1 heterocycles. The second-order valence-corrected chi connectivity index (χ2v) is 6.46. The highest BCUT2D eigenvalue weighted by Crippen LogP contribution is 2.15. The van der Waals surface area contributed by atoms with E-state index in [-0.39, 0.29) is 11.9 Å². The Balaban J connectivity index is 1.82. The molecular formula is C16H24N2OS. The summed E-state index contributed by atoms with van der Waals surface area (Å²) in [5.74, 6) is 2.32. The highest BCUT2D eigenvalue weighted by molar-refractivity contribution is 7.99. The number of amides is 1. The summed E-state index contributed by atoms with van der Waals surface area (Å²) < 4.78 is 0. The SMILES string of the molecule is CCc1ccc(C(C)NC(=O)CC2CSCCN2)cc1. The van der Waals surface area contributed by atoms with Gasteiger partial charge in [0.25, 0.3) is 0 Å². The van der Waals surface area contributed by atoms with E-state index in [1.54, 1.807) is 0 Å². The summed E-state index contributed by atoms with van der Waals surface area (Å²) in [6, 6.07) is 8.89. The normalized spacial score (nSPS) is 20.4. The number of carbonyl (C=O) groups is 1. The summed E-state index contributed by atoms with van der Waals surface area (Å²) in [6.07, 6.45) is 1.62. The van der Waals surface area contributed by atoms with Crippen LogP contribution in [0.2, 0.25) is 0 Å². The van der Waals surface area contributed by atoms with Crippen LogP contribution in [0.25, 0.3) is 0 Å². The number of hydrogen-bond donors (Lipinski definition) is 2. The summed E-state index contributed by atoms with van der Waals surface area (Å²) in [6.45, 7) is 5.20. The average molecular weight is 292 g/mol. The summed E-state index contributed by atoms with van der Waals surface area (Å²) >= 11 is 1.92. The van der Waals surface area contributed by atoms with E-state index in [0.717, 1.165) is 24.5 Å². The standard InChI is InChI=1S/C16H24N2OS/c1-3-13-4-6-14(7-5-13)12(2)18-16(19)10-15-11-20-9-8-17-15/h4-7,12,15,17H,3,8-11H2,1-2H3,(H,18,19). The van der Waals surface area contributed by atoms with Crippen LogP contribution in [0.4, 0.5) is 0 Å². The quantitative estimate of drug-likeness (QED) is 0.876. The molecule has 2 unspecified atom stereocenters. The first-order valence-corrected chi connectivity index (χ1v) is 8.54. The average Bonchev–Trinajstić information content (AvgIpc) is 2.48. The first kappa shape index (κ1) is 15.4. The molecule has 1 saturated heterocycles. The van der Waals surface area contributed by atoms with E-state index in [9.17, 15) is 4.79 Å². The molecule has 0 spiro atoms. The largest absolute Gasteiger partial charge is 0.350 e. The molecule has 1 aliphatic heterocycles. The first-order chi connectivity index (χ1) is 9.69. The van der Waals surface area contributed by atoms with Crippen molar-refractivity contribution >= 4 is 17.7 Å². The van der Waals surface area contributed by atoms with E-state index < -0.39 is 0 Å². The third kappa shape index (κ3) is 4.53. The lowest BCUT2D eigenvalue weighted by atomic mass is 10.0. The number of nitrogens with one attached hydrogen (secondary N) is 2. The van der Waals surface area contributed by atoms with Crippen LogP contribution in [0.15, 0.2) is 24.3 Å². The molecule has 20 heavy (non-hydrogen) atoms.